The molecule has 0 atom stereocenters. The molecule has 0 saturated carbocycles. The molecular formula is C18H16ClFN4O2S. The summed E-state index contributed by atoms with van der Waals surface area (Å²) < 4.78 is 42.6. The number of nitrogens with zero attached hydrogens (tertiary/aromatic N) is 4. The Morgan fingerprint density at radius 1 is 1.15 bits per heavy atom. The highest BCUT2D eigenvalue weighted by Gasteiger charge is 2.30. The van der Waals surface area contributed by atoms with E-state index in [2.05, 4.69) is 10.1 Å². The molecule has 0 fully saturated rings. The van der Waals surface area contributed by atoms with Gasteiger partial charge in [-0.1, -0.05) is 11.6 Å². The maximum Gasteiger partial charge on any atom is 0.244 e. The van der Waals surface area contributed by atoms with Crippen molar-refractivity contribution in [3.63, 3.8) is 0 Å². The Balaban J connectivity index is 1.68. The molecule has 2 aromatic heterocycles. The number of pyridine rings is 1. The van der Waals surface area contributed by atoms with E-state index in [1.54, 1.807) is 12.4 Å². The van der Waals surface area contributed by atoms with Gasteiger partial charge < -0.3 is 0 Å². The molecule has 0 spiro atoms. The van der Waals surface area contributed by atoms with Crippen molar-refractivity contribution in [1.29, 1.82) is 0 Å². The van der Waals surface area contributed by atoms with Crippen LogP contribution in [-0.2, 0) is 23.1 Å². The van der Waals surface area contributed by atoms with E-state index >= 15 is 0 Å². The molecule has 0 bridgehead atoms. The van der Waals surface area contributed by atoms with Crippen LogP contribution >= 0.6 is 11.6 Å². The summed E-state index contributed by atoms with van der Waals surface area (Å²) in [6.45, 7) is 1.11. The summed E-state index contributed by atoms with van der Waals surface area (Å²) in [5.41, 5.74) is 2.40. The summed E-state index contributed by atoms with van der Waals surface area (Å²) in [7, 11) is -3.85. The zero-order valence-electron chi connectivity index (χ0n) is 14.2. The molecule has 0 saturated heterocycles. The molecule has 1 aliphatic rings. The first kappa shape index (κ1) is 18.1. The molecule has 27 heavy (non-hydrogen) atoms. The number of benzene rings is 1. The molecule has 3 aromatic rings. The number of hydrogen-bond donors (Lipinski definition) is 0. The van der Waals surface area contributed by atoms with Gasteiger partial charge in [-0.3, -0.25) is 9.67 Å². The first-order chi connectivity index (χ1) is 12.9. The number of aromatic nitrogens is 3. The van der Waals surface area contributed by atoms with Gasteiger partial charge in [0.1, 0.15) is 10.7 Å². The number of sulfonamides is 1. The third kappa shape index (κ3) is 3.47. The van der Waals surface area contributed by atoms with Gasteiger partial charge in [0.2, 0.25) is 10.0 Å². The van der Waals surface area contributed by atoms with Crippen molar-refractivity contribution < 1.29 is 12.8 Å². The zero-order chi connectivity index (χ0) is 19.0. The highest BCUT2D eigenvalue weighted by atomic mass is 35.5. The van der Waals surface area contributed by atoms with Gasteiger partial charge in [0.25, 0.3) is 0 Å². The third-order valence-electron chi connectivity index (χ3n) is 4.45. The number of fused-ring (bicyclic) bond motifs is 1. The second-order valence-corrected chi connectivity index (χ2v) is 8.57. The summed E-state index contributed by atoms with van der Waals surface area (Å²) in [4.78, 5) is 4.00. The summed E-state index contributed by atoms with van der Waals surface area (Å²) in [6, 6.07) is 8.92. The maximum atomic E-state index is 13.3. The van der Waals surface area contributed by atoms with Crippen molar-refractivity contribution in [2.45, 2.75) is 24.4 Å². The van der Waals surface area contributed by atoms with E-state index in [1.807, 2.05) is 22.9 Å². The normalized spacial score (nSPS) is 15.3. The molecule has 140 valence electrons. The molecule has 1 aliphatic heterocycles. The quantitative estimate of drug-likeness (QED) is 0.669. The SMILES string of the molecule is O=S(=O)(c1ccc(F)cc1Cl)N1CCCn2nc(-c3cccnc3)cc2C1. The molecule has 3 heterocycles. The van der Waals surface area contributed by atoms with Gasteiger partial charge in [-0.05, 0) is 42.8 Å². The van der Waals surface area contributed by atoms with Gasteiger partial charge in [-0.25, -0.2) is 12.8 Å². The van der Waals surface area contributed by atoms with Crippen LogP contribution in [0.2, 0.25) is 5.02 Å². The second-order valence-electron chi connectivity index (χ2n) is 6.25. The lowest BCUT2D eigenvalue weighted by Crippen LogP contribution is -2.31. The van der Waals surface area contributed by atoms with Crippen LogP contribution in [-0.4, -0.2) is 34.0 Å². The molecule has 9 heteroatoms. The van der Waals surface area contributed by atoms with Crippen LogP contribution in [0.4, 0.5) is 4.39 Å². The minimum Gasteiger partial charge on any atom is -0.268 e. The van der Waals surface area contributed by atoms with Gasteiger partial charge >= 0.3 is 0 Å². The molecule has 0 unspecified atom stereocenters. The Hall–Kier alpha value is -2.29. The molecule has 0 N–H and O–H groups in total. The monoisotopic (exact) mass is 406 g/mol. The van der Waals surface area contributed by atoms with Crippen LogP contribution in [0.3, 0.4) is 0 Å². The van der Waals surface area contributed by atoms with Gasteiger partial charge in [-0.2, -0.15) is 9.40 Å². The molecule has 0 aliphatic carbocycles. The molecule has 6 nitrogen and oxygen atoms in total. The van der Waals surface area contributed by atoms with E-state index < -0.39 is 15.8 Å². The Labute approximate surface area is 161 Å². The minimum absolute atomic E-state index is 0.0917. The lowest BCUT2D eigenvalue weighted by molar-refractivity contribution is 0.410. The van der Waals surface area contributed by atoms with Gasteiger partial charge in [0, 0.05) is 31.0 Å². The fourth-order valence-electron chi connectivity index (χ4n) is 3.12. The van der Waals surface area contributed by atoms with Crippen LogP contribution < -0.4 is 0 Å². The largest absolute Gasteiger partial charge is 0.268 e. The second kappa shape index (κ2) is 7.03. The molecule has 1 aromatic carbocycles. The summed E-state index contributed by atoms with van der Waals surface area (Å²) in [5.74, 6) is -0.575. The summed E-state index contributed by atoms with van der Waals surface area (Å²) >= 11 is 5.99. The lowest BCUT2D eigenvalue weighted by atomic mass is 10.2. The van der Waals surface area contributed by atoms with E-state index in [1.165, 1.54) is 10.4 Å². The topological polar surface area (TPSA) is 68.1 Å². The molecule has 4 rings (SSSR count). The van der Waals surface area contributed by atoms with Crippen LogP contribution in [0.5, 0.6) is 0 Å². The van der Waals surface area contributed by atoms with Crippen molar-refractivity contribution in [3.8, 4) is 11.3 Å². The first-order valence-electron chi connectivity index (χ1n) is 8.37. The molecule has 0 radical (unpaired) electrons. The fraction of sp³-hybridized carbons (Fsp3) is 0.222. The zero-order valence-corrected chi connectivity index (χ0v) is 15.8. The average Bonchev–Trinajstić information content (AvgIpc) is 2.93. The predicted octanol–water partition coefficient (Wildman–Crippen LogP) is 3.33. The fourth-order valence-corrected chi connectivity index (χ4v) is 5.07. The van der Waals surface area contributed by atoms with E-state index in [9.17, 15) is 12.8 Å². The summed E-state index contributed by atoms with van der Waals surface area (Å²) in [6.07, 6.45) is 4.01. The van der Waals surface area contributed by atoms with E-state index in [-0.39, 0.29) is 16.5 Å². The number of hydrogen-bond acceptors (Lipinski definition) is 4. The number of halogens is 2. The minimum atomic E-state index is -3.85. The van der Waals surface area contributed by atoms with Crippen LogP contribution in [0.15, 0.2) is 53.7 Å². The molecule has 0 amide bonds. The highest BCUT2D eigenvalue weighted by Crippen LogP contribution is 2.29. The van der Waals surface area contributed by atoms with Crippen molar-refractivity contribution in [1.82, 2.24) is 19.1 Å². The smallest absolute Gasteiger partial charge is 0.244 e. The summed E-state index contributed by atoms with van der Waals surface area (Å²) in [5, 5.41) is 4.46. The van der Waals surface area contributed by atoms with Crippen molar-refractivity contribution in [3.05, 3.63) is 65.3 Å². The lowest BCUT2D eigenvalue weighted by Gasteiger charge is -2.20. The van der Waals surface area contributed by atoms with E-state index in [4.69, 9.17) is 11.6 Å². The van der Waals surface area contributed by atoms with E-state index in [0.717, 1.165) is 29.1 Å². The standard InChI is InChI=1S/C18H16ClFN4O2S/c19-16-9-14(20)4-5-18(16)27(25,26)23-7-2-8-24-15(12-23)10-17(22-24)13-3-1-6-21-11-13/h1,3-6,9-11H,2,7-8,12H2. The Morgan fingerprint density at radius 3 is 2.74 bits per heavy atom. The maximum absolute atomic E-state index is 13.3. The predicted molar refractivity (Wildman–Crippen MR) is 99.1 cm³/mol. The van der Waals surface area contributed by atoms with Crippen LogP contribution in [0.1, 0.15) is 12.1 Å². The average molecular weight is 407 g/mol. The van der Waals surface area contributed by atoms with Crippen molar-refractivity contribution >= 4 is 21.6 Å². The first-order valence-corrected chi connectivity index (χ1v) is 10.2. The molecular weight excluding hydrogens is 391 g/mol. The van der Waals surface area contributed by atoms with Gasteiger partial charge in [0.15, 0.2) is 0 Å². The van der Waals surface area contributed by atoms with Crippen LogP contribution in [0.25, 0.3) is 11.3 Å². The van der Waals surface area contributed by atoms with Crippen LogP contribution in [0, 0.1) is 5.82 Å². The highest BCUT2D eigenvalue weighted by molar-refractivity contribution is 7.89. The van der Waals surface area contributed by atoms with E-state index in [0.29, 0.717) is 19.5 Å². The number of aryl methyl sites for hydroxylation is 1. The van der Waals surface area contributed by atoms with Crippen molar-refractivity contribution in [2.75, 3.05) is 6.54 Å². The third-order valence-corrected chi connectivity index (χ3v) is 6.78. The Morgan fingerprint density at radius 2 is 2.00 bits per heavy atom. The van der Waals surface area contributed by atoms with Crippen molar-refractivity contribution in [2.24, 2.45) is 0 Å². The number of rotatable bonds is 3. The Kier molecular flexibility index (Phi) is 4.71. The van der Waals surface area contributed by atoms with Gasteiger partial charge in [-0.15, -0.1) is 0 Å². The Bertz CT molecular complexity index is 1090. The van der Waals surface area contributed by atoms with Gasteiger partial charge in [0.05, 0.1) is 23.0 Å².